The van der Waals surface area contributed by atoms with E-state index in [9.17, 15) is 4.79 Å². The van der Waals surface area contributed by atoms with Crippen molar-refractivity contribution in [3.63, 3.8) is 0 Å². The number of carbonyl (C=O) groups is 1. The van der Waals surface area contributed by atoms with Gasteiger partial charge in [0.05, 0.1) is 13.7 Å². The lowest BCUT2D eigenvalue weighted by molar-refractivity contribution is -0.117. The summed E-state index contributed by atoms with van der Waals surface area (Å²) in [6.07, 6.45) is 2.20. The number of anilines is 1. The summed E-state index contributed by atoms with van der Waals surface area (Å²) < 4.78 is 5.14. The van der Waals surface area contributed by atoms with E-state index in [4.69, 9.17) is 4.74 Å². The maximum absolute atomic E-state index is 12.1. The van der Waals surface area contributed by atoms with Crippen LogP contribution in [0.3, 0.4) is 0 Å². The van der Waals surface area contributed by atoms with Gasteiger partial charge in [0.2, 0.25) is 5.91 Å². The molecule has 0 unspecified atom stereocenters. The molecule has 1 saturated heterocycles. The molecule has 2 rings (SSSR count). The second-order valence-electron chi connectivity index (χ2n) is 5.18. The first-order valence-corrected chi connectivity index (χ1v) is 7.04. The van der Waals surface area contributed by atoms with Gasteiger partial charge in [0.1, 0.15) is 5.75 Å². The van der Waals surface area contributed by atoms with Crippen molar-refractivity contribution in [2.45, 2.75) is 18.9 Å². The molecule has 0 bridgehead atoms. The maximum Gasteiger partial charge on any atom is 0.238 e. The summed E-state index contributed by atoms with van der Waals surface area (Å²) >= 11 is 0. The monoisotopic (exact) mass is 313 g/mol. The summed E-state index contributed by atoms with van der Waals surface area (Å²) in [6, 6.07) is 7.90. The number of piperidine rings is 1. The second-order valence-corrected chi connectivity index (χ2v) is 5.18. The van der Waals surface area contributed by atoms with Crippen LogP contribution in [-0.4, -0.2) is 50.6 Å². The predicted octanol–water partition coefficient (Wildman–Crippen LogP) is 1.74. The van der Waals surface area contributed by atoms with E-state index >= 15 is 0 Å². The van der Waals surface area contributed by atoms with Crippen molar-refractivity contribution in [1.29, 1.82) is 0 Å². The highest BCUT2D eigenvalue weighted by molar-refractivity contribution is 5.92. The van der Waals surface area contributed by atoms with Gasteiger partial charge in [0.15, 0.2) is 0 Å². The average molecular weight is 314 g/mol. The van der Waals surface area contributed by atoms with Crippen molar-refractivity contribution < 1.29 is 9.53 Å². The maximum atomic E-state index is 12.1. The Morgan fingerprint density at radius 1 is 1.43 bits per heavy atom. The molecule has 1 aromatic rings. The molecule has 21 heavy (non-hydrogen) atoms. The highest BCUT2D eigenvalue weighted by Gasteiger charge is 2.19. The van der Waals surface area contributed by atoms with Crippen LogP contribution in [0.5, 0.6) is 5.75 Å². The number of likely N-dealkylation sites (N-methyl/N-ethyl adjacent to an activating group) is 1. The quantitative estimate of drug-likeness (QED) is 0.869. The number of halogens is 1. The van der Waals surface area contributed by atoms with Crippen molar-refractivity contribution in [2.24, 2.45) is 0 Å². The molecule has 1 aromatic carbocycles. The van der Waals surface area contributed by atoms with Crippen LogP contribution >= 0.6 is 12.4 Å². The van der Waals surface area contributed by atoms with Gasteiger partial charge in [-0.2, -0.15) is 0 Å². The van der Waals surface area contributed by atoms with Crippen molar-refractivity contribution in [2.75, 3.05) is 39.1 Å². The smallest absolute Gasteiger partial charge is 0.238 e. The molecule has 5 nitrogen and oxygen atoms in total. The molecule has 0 atom stereocenters. The SMILES string of the molecule is COc1cccc(NC(=O)CN(C)C2CCNCC2)c1.Cl. The van der Waals surface area contributed by atoms with E-state index in [1.807, 2.05) is 31.3 Å². The molecule has 0 aliphatic carbocycles. The number of ether oxygens (including phenoxy) is 1. The van der Waals surface area contributed by atoms with Gasteiger partial charge in [0, 0.05) is 17.8 Å². The van der Waals surface area contributed by atoms with Gasteiger partial charge in [0.25, 0.3) is 0 Å². The largest absolute Gasteiger partial charge is 0.497 e. The summed E-state index contributed by atoms with van der Waals surface area (Å²) in [5.74, 6) is 0.758. The number of methoxy groups -OCH3 is 1. The number of hydrogen-bond acceptors (Lipinski definition) is 4. The molecular formula is C15H24ClN3O2. The van der Waals surface area contributed by atoms with E-state index in [2.05, 4.69) is 15.5 Å². The Morgan fingerprint density at radius 3 is 2.81 bits per heavy atom. The third kappa shape index (κ3) is 5.53. The number of nitrogens with one attached hydrogen (secondary N) is 2. The third-order valence-corrected chi connectivity index (χ3v) is 3.68. The Labute approximate surface area is 132 Å². The molecule has 1 aliphatic heterocycles. The van der Waals surface area contributed by atoms with E-state index in [1.54, 1.807) is 7.11 Å². The van der Waals surface area contributed by atoms with Crippen LogP contribution in [0.15, 0.2) is 24.3 Å². The zero-order valence-corrected chi connectivity index (χ0v) is 13.4. The minimum absolute atomic E-state index is 0. The number of nitrogens with zero attached hydrogens (tertiary/aromatic N) is 1. The Morgan fingerprint density at radius 2 is 2.14 bits per heavy atom. The van der Waals surface area contributed by atoms with Gasteiger partial charge in [-0.05, 0) is 45.1 Å². The van der Waals surface area contributed by atoms with Crippen LogP contribution in [0, 0.1) is 0 Å². The lowest BCUT2D eigenvalue weighted by atomic mass is 10.1. The van der Waals surface area contributed by atoms with Crippen molar-refractivity contribution in [1.82, 2.24) is 10.2 Å². The number of hydrogen-bond donors (Lipinski definition) is 2. The van der Waals surface area contributed by atoms with Gasteiger partial charge in [-0.3, -0.25) is 9.69 Å². The molecule has 0 radical (unpaired) electrons. The number of rotatable bonds is 5. The van der Waals surface area contributed by atoms with Crippen LogP contribution in [0.2, 0.25) is 0 Å². The minimum atomic E-state index is 0. The van der Waals surface area contributed by atoms with Crippen molar-refractivity contribution >= 4 is 24.0 Å². The third-order valence-electron chi connectivity index (χ3n) is 3.68. The van der Waals surface area contributed by atoms with Gasteiger partial charge in [-0.25, -0.2) is 0 Å². The minimum Gasteiger partial charge on any atom is -0.497 e. The van der Waals surface area contributed by atoms with Crippen LogP contribution in [0.1, 0.15) is 12.8 Å². The average Bonchev–Trinajstić information content (AvgIpc) is 2.48. The van der Waals surface area contributed by atoms with E-state index < -0.39 is 0 Å². The molecule has 0 saturated carbocycles. The molecule has 1 fully saturated rings. The van der Waals surface area contributed by atoms with E-state index in [-0.39, 0.29) is 18.3 Å². The molecule has 1 amide bonds. The molecule has 2 N–H and O–H groups in total. The molecule has 0 aromatic heterocycles. The zero-order chi connectivity index (χ0) is 14.4. The van der Waals surface area contributed by atoms with Crippen molar-refractivity contribution in [3.05, 3.63) is 24.3 Å². The lowest BCUT2D eigenvalue weighted by Crippen LogP contribution is -2.44. The summed E-state index contributed by atoms with van der Waals surface area (Å²) in [5.41, 5.74) is 0.771. The van der Waals surface area contributed by atoms with Crippen molar-refractivity contribution in [3.8, 4) is 5.75 Å². The van der Waals surface area contributed by atoms with Gasteiger partial charge < -0.3 is 15.4 Å². The Hall–Kier alpha value is -1.30. The molecule has 1 heterocycles. The van der Waals surface area contributed by atoms with E-state index in [1.165, 1.54) is 0 Å². The summed E-state index contributed by atoms with van der Waals surface area (Å²) in [7, 11) is 3.63. The lowest BCUT2D eigenvalue weighted by Gasteiger charge is -2.31. The first-order chi connectivity index (χ1) is 9.69. The first kappa shape index (κ1) is 17.8. The van der Waals surface area contributed by atoms with E-state index in [0.717, 1.165) is 37.4 Å². The van der Waals surface area contributed by atoms with Crippen LogP contribution in [0.4, 0.5) is 5.69 Å². The van der Waals surface area contributed by atoms with Crippen LogP contribution in [-0.2, 0) is 4.79 Å². The molecule has 6 heteroatoms. The zero-order valence-electron chi connectivity index (χ0n) is 12.6. The number of carbonyl (C=O) groups excluding carboxylic acids is 1. The van der Waals surface area contributed by atoms with Crippen LogP contribution in [0.25, 0.3) is 0 Å². The Bertz CT molecular complexity index is 450. The summed E-state index contributed by atoms with van der Waals surface area (Å²) in [5, 5.41) is 6.24. The highest BCUT2D eigenvalue weighted by Crippen LogP contribution is 2.17. The normalized spacial score (nSPS) is 15.4. The molecular weight excluding hydrogens is 290 g/mol. The predicted molar refractivity (Wildman–Crippen MR) is 87.4 cm³/mol. The standard InChI is InChI=1S/C15H23N3O2.ClH/c1-18(13-6-8-16-9-7-13)11-15(19)17-12-4-3-5-14(10-12)20-2;/h3-5,10,13,16H,6-9,11H2,1-2H3,(H,17,19);1H. The second kappa shape index (κ2) is 8.87. The topological polar surface area (TPSA) is 53.6 Å². The number of benzene rings is 1. The van der Waals surface area contributed by atoms with Gasteiger partial charge in [-0.15, -0.1) is 12.4 Å². The Balaban J connectivity index is 0.00000220. The Kier molecular flexibility index (Phi) is 7.50. The number of amides is 1. The molecule has 1 aliphatic rings. The fraction of sp³-hybridized carbons (Fsp3) is 0.533. The fourth-order valence-corrected chi connectivity index (χ4v) is 2.50. The highest BCUT2D eigenvalue weighted by atomic mass is 35.5. The first-order valence-electron chi connectivity index (χ1n) is 7.04. The van der Waals surface area contributed by atoms with Gasteiger partial charge in [-0.1, -0.05) is 6.07 Å². The summed E-state index contributed by atoms with van der Waals surface area (Å²) in [4.78, 5) is 14.2. The van der Waals surface area contributed by atoms with Crippen LogP contribution < -0.4 is 15.4 Å². The molecule has 118 valence electrons. The van der Waals surface area contributed by atoms with E-state index in [0.29, 0.717) is 12.6 Å². The summed E-state index contributed by atoms with van der Waals surface area (Å²) in [6.45, 7) is 2.49. The van der Waals surface area contributed by atoms with Gasteiger partial charge >= 0.3 is 0 Å². The fourth-order valence-electron chi connectivity index (χ4n) is 2.50. The molecule has 0 spiro atoms.